The van der Waals surface area contributed by atoms with Gasteiger partial charge in [0, 0.05) is 19.3 Å². The monoisotopic (exact) mass is 282 g/mol. The Balaban J connectivity index is 2.12. The average molecular weight is 282 g/mol. The van der Waals surface area contributed by atoms with E-state index in [-0.39, 0.29) is 12.2 Å². The van der Waals surface area contributed by atoms with E-state index in [2.05, 4.69) is 37.9 Å². The summed E-state index contributed by atoms with van der Waals surface area (Å²) in [5.74, 6) is 1.32. The minimum atomic E-state index is 0.00611. The fourth-order valence-corrected chi connectivity index (χ4v) is 3.34. The number of carbonyl (C=O) groups is 1. The molecule has 0 saturated carbocycles. The number of ether oxygens (including phenoxy) is 1. The van der Waals surface area contributed by atoms with Crippen LogP contribution in [0, 0.1) is 11.8 Å². The van der Waals surface area contributed by atoms with Crippen LogP contribution in [0.1, 0.15) is 53.4 Å². The molecule has 3 unspecified atom stereocenters. The van der Waals surface area contributed by atoms with Gasteiger partial charge in [-0.05, 0) is 31.1 Å². The fourth-order valence-electron chi connectivity index (χ4n) is 3.34. The Labute approximate surface area is 123 Å². The highest BCUT2D eigenvalue weighted by Gasteiger charge is 2.44. The summed E-state index contributed by atoms with van der Waals surface area (Å²) in [5.41, 5.74) is 0. The van der Waals surface area contributed by atoms with Crippen molar-refractivity contribution in [2.45, 2.75) is 71.6 Å². The Morgan fingerprint density at radius 1 is 1.30 bits per heavy atom. The van der Waals surface area contributed by atoms with Gasteiger partial charge in [-0.3, -0.25) is 10.1 Å². The van der Waals surface area contributed by atoms with Crippen molar-refractivity contribution < 1.29 is 9.53 Å². The molecule has 2 rings (SSSR count). The summed E-state index contributed by atoms with van der Waals surface area (Å²) in [7, 11) is 0. The number of nitrogens with one attached hydrogen (secondary N) is 1. The molecule has 0 aromatic carbocycles. The molecule has 3 atom stereocenters. The summed E-state index contributed by atoms with van der Waals surface area (Å²) in [5, 5.41) is 3.61. The lowest BCUT2D eigenvalue weighted by Gasteiger charge is -2.35. The van der Waals surface area contributed by atoms with Crippen molar-refractivity contribution in [3.8, 4) is 0 Å². The Morgan fingerprint density at radius 2 is 1.95 bits per heavy atom. The molecule has 4 heteroatoms. The van der Waals surface area contributed by atoms with E-state index < -0.39 is 0 Å². The van der Waals surface area contributed by atoms with Gasteiger partial charge in [0.1, 0.15) is 0 Å². The van der Waals surface area contributed by atoms with Crippen LogP contribution in [-0.2, 0) is 9.53 Å². The third-order valence-electron chi connectivity index (χ3n) is 4.72. The molecule has 2 aliphatic heterocycles. The highest BCUT2D eigenvalue weighted by atomic mass is 16.5. The number of hydrogen-bond donors (Lipinski definition) is 1. The molecule has 1 N–H and O–H groups in total. The van der Waals surface area contributed by atoms with Gasteiger partial charge in [0.05, 0.1) is 12.2 Å². The van der Waals surface area contributed by atoms with Crippen LogP contribution >= 0.6 is 0 Å². The molecule has 116 valence electrons. The third-order valence-corrected chi connectivity index (χ3v) is 4.72. The van der Waals surface area contributed by atoms with E-state index in [9.17, 15) is 4.79 Å². The SMILES string of the molecule is CCC(C)C1NC(CC(C)C)N(C2CCOCC2)C1=O. The first kappa shape index (κ1) is 15.8. The summed E-state index contributed by atoms with van der Waals surface area (Å²) in [4.78, 5) is 15.0. The van der Waals surface area contributed by atoms with Gasteiger partial charge in [-0.15, -0.1) is 0 Å². The van der Waals surface area contributed by atoms with E-state index in [1.165, 1.54) is 0 Å². The molecular weight excluding hydrogens is 252 g/mol. The molecule has 2 fully saturated rings. The van der Waals surface area contributed by atoms with Crippen molar-refractivity contribution in [3.05, 3.63) is 0 Å². The van der Waals surface area contributed by atoms with Crippen molar-refractivity contribution in [2.75, 3.05) is 13.2 Å². The molecule has 0 radical (unpaired) electrons. The average Bonchev–Trinajstić information content (AvgIpc) is 2.75. The summed E-state index contributed by atoms with van der Waals surface area (Å²) in [6.45, 7) is 10.4. The fraction of sp³-hybridized carbons (Fsp3) is 0.938. The normalized spacial score (nSPS) is 30.2. The first-order valence-corrected chi connectivity index (χ1v) is 8.20. The van der Waals surface area contributed by atoms with Gasteiger partial charge in [-0.25, -0.2) is 0 Å². The van der Waals surface area contributed by atoms with Crippen LogP contribution in [0.5, 0.6) is 0 Å². The van der Waals surface area contributed by atoms with E-state index in [4.69, 9.17) is 4.74 Å². The molecule has 0 aliphatic carbocycles. The minimum absolute atomic E-state index is 0.00611. The first-order chi connectivity index (χ1) is 9.54. The van der Waals surface area contributed by atoms with Crippen LogP contribution in [0.15, 0.2) is 0 Å². The smallest absolute Gasteiger partial charge is 0.241 e. The molecule has 4 nitrogen and oxygen atoms in total. The topological polar surface area (TPSA) is 41.6 Å². The first-order valence-electron chi connectivity index (χ1n) is 8.20. The Bertz CT molecular complexity index is 326. The molecule has 2 saturated heterocycles. The Kier molecular flexibility index (Phi) is 5.44. The Morgan fingerprint density at radius 3 is 2.50 bits per heavy atom. The molecule has 2 heterocycles. The van der Waals surface area contributed by atoms with E-state index in [1.807, 2.05) is 0 Å². The van der Waals surface area contributed by atoms with E-state index in [1.54, 1.807) is 0 Å². The quantitative estimate of drug-likeness (QED) is 0.842. The summed E-state index contributed by atoms with van der Waals surface area (Å²) < 4.78 is 5.45. The van der Waals surface area contributed by atoms with E-state index >= 15 is 0 Å². The number of rotatable bonds is 5. The number of hydrogen-bond acceptors (Lipinski definition) is 3. The second-order valence-corrected chi connectivity index (χ2v) is 6.76. The van der Waals surface area contributed by atoms with Crippen molar-refractivity contribution in [1.82, 2.24) is 10.2 Å². The summed E-state index contributed by atoms with van der Waals surface area (Å²) >= 11 is 0. The van der Waals surface area contributed by atoms with Gasteiger partial charge in [0.2, 0.25) is 5.91 Å². The van der Waals surface area contributed by atoms with Crippen LogP contribution in [0.3, 0.4) is 0 Å². The maximum absolute atomic E-state index is 12.8. The number of carbonyl (C=O) groups excluding carboxylic acids is 1. The van der Waals surface area contributed by atoms with Gasteiger partial charge >= 0.3 is 0 Å². The van der Waals surface area contributed by atoms with Crippen LogP contribution in [0.2, 0.25) is 0 Å². The molecule has 2 aliphatic rings. The van der Waals surface area contributed by atoms with Crippen LogP contribution in [-0.4, -0.2) is 42.3 Å². The Hall–Kier alpha value is -0.610. The van der Waals surface area contributed by atoms with Crippen LogP contribution in [0.25, 0.3) is 0 Å². The predicted octanol–water partition coefficient (Wildman–Crippen LogP) is 2.38. The lowest BCUT2D eigenvalue weighted by atomic mass is 9.98. The molecular formula is C16H30N2O2. The molecule has 0 bridgehead atoms. The van der Waals surface area contributed by atoms with Gasteiger partial charge in [0.15, 0.2) is 0 Å². The molecule has 20 heavy (non-hydrogen) atoms. The number of amides is 1. The predicted molar refractivity (Wildman–Crippen MR) is 80.3 cm³/mol. The summed E-state index contributed by atoms with van der Waals surface area (Å²) in [6.07, 6.45) is 4.25. The molecule has 0 spiro atoms. The zero-order valence-electron chi connectivity index (χ0n) is 13.4. The van der Waals surface area contributed by atoms with E-state index in [0.717, 1.165) is 38.9 Å². The summed E-state index contributed by atoms with van der Waals surface area (Å²) in [6, 6.07) is 0.369. The van der Waals surface area contributed by atoms with Gasteiger partial charge in [-0.2, -0.15) is 0 Å². The van der Waals surface area contributed by atoms with Gasteiger partial charge in [0.25, 0.3) is 0 Å². The largest absolute Gasteiger partial charge is 0.381 e. The standard InChI is InChI=1S/C16H30N2O2/c1-5-12(4)15-16(19)18(13-6-8-20-9-7-13)14(17-15)10-11(2)3/h11-15,17H,5-10H2,1-4H3. The van der Waals surface area contributed by atoms with Crippen molar-refractivity contribution >= 4 is 5.91 Å². The molecule has 0 aromatic rings. The zero-order valence-corrected chi connectivity index (χ0v) is 13.4. The highest BCUT2D eigenvalue weighted by Crippen LogP contribution is 2.28. The van der Waals surface area contributed by atoms with Crippen molar-refractivity contribution in [1.29, 1.82) is 0 Å². The van der Waals surface area contributed by atoms with Crippen LogP contribution < -0.4 is 5.32 Å². The maximum Gasteiger partial charge on any atom is 0.241 e. The van der Waals surface area contributed by atoms with E-state index in [0.29, 0.717) is 23.8 Å². The molecule has 1 amide bonds. The highest BCUT2D eigenvalue weighted by molar-refractivity contribution is 5.85. The number of nitrogens with zero attached hydrogens (tertiary/aromatic N) is 1. The maximum atomic E-state index is 12.8. The second-order valence-electron chi connectivity index (χ2n) is 6.76. The van der Waals surface area contributed by atoms with Crippen molar-refractivity contribution in [2.24, 2.45) is 11.8 Å². The van der Waals surface area contributed by atoms with Crippen molar-refractivity contribution in [3.63, 3.8) is 0 Å². The third kappa shape index (κ3) is 3.34. The second kappa shape index (κ2) is 6.90. The molecule has 0 aromatic heterocycles. The van der Waals surface area contributed by atoms with Gasteiger partial charge < -0.3 is 9.64 Å². The lowest BCUT2D eigenvalue weighted by Crippen LogP contribution is -2.47. The lowest BCUT2D eigenvalue weighted by molar-refractivity contribution is -0.135. The minimum Gasteiger partial charge on any atom is -0.381 e. The zero-order chi connectivity index (χ0) is 14.7. The van der Waals surface area contributed by atoms with Crippen LogP contribution in [0.4, 0.5) is 0 Å². The van der Waals surface area contributed by atoms with Gasteiger partial charge in [-0.1, -0.05) is 34.1 Å².